The highest BCUT2D eigenvalue weighted by molar-refractivity contribution is 7.80. The van der Waals surface area contributed by atoms with Crippen molar-refractivity contribution in [3.05, 3.63) is 53.1 Å². The van der Waals surface area contributed by atoms with E-state index in [-0.39, 0.29) is 11.0 Å². The molecule has 1 amide bonds. The number of hydrogen-bond acceptors (Lipinski definition) is 5. The first-order valence-electron chi connectivity index (χ1n) is 7.61. The van der Waals surface area contributed by atoms with Gasteiger partial charge in [0.05, 0.1) is 17.3 Å². The molecule has 0 saturated heterocycles. The highest BCUT2D eigenvalue weighted by Crippen LogP contribution is 2.30. The van der Waals surface area contributed by atoms with E-state index < -0.39 is 0 Å². The number of carbonyl (C=O) groups excluding carboxylic acids is 1. The molecule has 0 radical (unpaired) electrons. The summed E-state index contributed by atoms with van der Waals surface area (Å²) in [7, 11) is 1.56. The van der Waals surface area contributed by atoms with E-state index in [2.05, 4.69) is 21.7 Å². The van der Waals surface area contributed by atoms with Crippen molar-refractivity contribution in [2.45, 2.75) is 13.8 Å². The zero-order valence-corrected chi connectivity index (χ0v) is 15.7. The quantitative estimate of drug-likeness (QED) is 0.680. The van der Waals surface area contributed by atoms with Crippen LogP contribution in [0.4, 0.5) is 5.13 Å². The number of rotatable bonds is 3. The summed E-state index contributed by atoms with van der Waals surface area (Å²) >= 11 is 6.75. The average molecular weight is 371 g/mol. The molecule has 0 atom stereocenters. The van der Waals surface area contributed by atoms with Gasteiger partial charge in [-0.15, -0.1) is 0 Å². The Morgan fingerprint density at radius 3 is 2.68 bits per heavy atom. The fourth-order valence-corrected chi connectivity index (χ4v) is 3.65. The van der Waals surface area contributed by atoms with E-state index in [1.54, 1.807) is 31.4 Å². The van der Waals surface area contributed by atoms with Gasteiger partial charge in [-0.05, 0) is 55.4 Å². The molecule has 0 saturated carbocycles. The van der Waals surface area contributed by atoms with Gasteiger partial charge in [-0.3, -0.25) is 10.1 Å². The summed E-state index contributed by atoms with van der Waals surface area (Å²) in [4.78, 5) is 16.9. The molecule has 1 aromatic heterocycles. The number of carbonyl (C=O) groups is 1. The van der Waals surface area contributed by atoms with Crippen LogP contribution in [0.1, 0.15) is 21.5 Å². The van der Waals surface area contributed by atoms with Crippen LogP contribution in [0.15, 0.2) is 36.4 Å². The fourth-order valence-electron chi connectivity index (χ4n) is 2.38. The Hall–Kier alpha value is -2.51. The second-order valence-corrected chi connectivity index (χ2v) is 6.94. The molecule has 0 bridgehead atoms. The Bertz CT molecular complexity index is 927. The van der Waals surface area contributed by atoms with E-state index in [1.165, 1.54) is 11.3 Å². The highest BCUT2D eigenvalue weighted by atomic mass is 32.1. The van der Waals surface area contributed by atoms with Crippen molar-refractivity contribution in [1.82, 2.24) is 10.3 Å². The van der Waals surface area contributed by atoms with Gasteiger partial charge < -0.3 is 10.1 Å². The molecule has 3 rings (SSSR count). The normalized spacial score (nSPS) is 10.5. The molecule has 7 heteroatoms. The Morgan fingerprint density at radius 1 is 1.20 bits per heavy atom. The predicted octanol–water partition coefficient (Wildman–Crippen LogP) is 4.05. The van der Waals surface area contributed by atoms with Gasteiger partial charge in [0.15, 0.2) is 10.2 Å². The number of thiazole rings is 1. The van der Waals surface area contributed by atoms with Gasteiger partial charge in [0.25, 0.3) is 5.91 Å². The van der Waals surface area contributed by atoms with Crippen molar-refractivity contribution in [2.24, 2.45) is 0 Å². The van der Waals surface area contributed by atoms with Crippen LogP contribution in [0, 0.1) is 13.8 Å². The molecule has 0 fully saturated rings. The number of aromatic nitrogens is 1. The zero-order valence-electron chi connectivity index (χ0n) is 14.0. The second-order valence-electron chi connectivity index (χ2n) is 5.54. The smallest absolute Gasteiger partial charge is 0.257 e. The summed E-state index contributed by atoms with van der Waals surface area (Å²) in [5.74, 6) is 0.313. The molecular weight excluding hydrogens is 354 g/mol. The largest absolute Gasteiger partial charge is 0.497 e. The molecule has 0 aliphatic rings. The lowest BCUT2D eigenvalue weighted by Crippen LogP contribution is -2.34. The van der Waals surface area contributed by atoms with Crippen molar-refractivity contribution in [3.63, 3.8) is 0 Å². The number of benzene rings is 2. The zero-order chi connectivity index (χ0) is 18.0. The van der Waals surface area contributed by atoms with Crippen LogP contribution >= 0.6 is 23.6 Å². The van der Waals surface area contributed by atoms with E-state index in [4.69, 9.17) is 17.0 Å². The van der Waals surface area contributed by atoms with E-state index >= 15 is 0 Å². The molecule has 0 aliphatic heterocycles. The molecular formula is C18H17N3O2S2. The summed E-state index contributed by atoms with van der Waals surface area (Å²) < 4.78 is 6.24. The third-order valence-electron chi connectivity index (χ3n) is 3.72. The summed E-state index contributed by atoms with van der Waals surface area (Å²) in [5, 5.41) is 6.52. The second kappa shape index (κ2) is 7.16. The van der Waals surface area contributed by atoms with E-state index in [0.29, 0.717) is 16.4 Å². The van der Waals surface area contributed by atoms with E-state index in [0.717, 1.165) is 21.3 Å². The number of nitrogens with one attached hydrogen (secondary N) is 2. The first kappa shape index (κ1) is 17.3. The van der Waals surface area contributed by atoms with Gasteiger partial charge in [-0.1, -0.05) is 29.5 Å². The maximum atomic E-state index is 12.3. The van der Waals surface area contributed by atoms with Crippen LogP contribution in [0.3, 0.4) is 0 Å². The molecule has 0 spiro atoms. The summed E-state index contributed by atoms with van der Waals surface area (Å²) in [6.45, 7) is 4.07. The lowest BCUT2D eigenvalue weighted by atomic mass is 10.1. The number of anilines is 1. The number of fused-ring (bicyclic) bond motifs is 1. The number of hydrogen-bond donors (Lipinski definition) is 2. The first-order valence-corrected chi connectivity index (χ1v) is 8.83. The standard InChI is InChI=1S/C18H17N3O2S2/c1-10-7-8-11(2)15-14(10)19-18(25-15)21-17(24)20-16(22)12-5-4-6-13(9-12)23-3/h4-9H,1-3H3,(H2,19,20,21,22,24). The van der Waals surface area contributed by atoms with Crippen molar-refractivity contribution < 1.29 is 9.53 Å². The van der Waals surface area contributed by atoms with Crippen LogP contribution < -0.4 is 15.4 Å². The number of amides is 1. The molecule has 2 aromatic carbocycles. The summed E-state index contributed by atoms with van der Waals surface area (Å²) in [6.07, 6.45) is 0. The van der Waals surface area contributed by atoms with Crippen LogP contribution in [0.5, 0.6) is 5.75 Å². The lowest BCUT2D eigenvalue weighted by Gasteiger charge is -2.08. The Morgan fingerprint density at radius 2 is 1.96 bits per heavy atom. The number of thiocarbonyl (C=S) groups is 1. The van der Waals surface area contributed by atoms with Gasteiger partial charge in [-0.25, -0.2) is 4.98 Å². The maximum absolute atomic E-state index is 12.3. The number of aryl methyl sites for hydroxylation is 2. The molecule has 0 aliphatic carbocycles. The molecule has 3 aromatic rings. The minimum absolute atomic E-state index is 0.210. The average Bonchev–Trinajstić information content (AvgIpc) is 3.03. The number of nitrogens with zero attached hydrogens (tertiary/aromatic N) is 1. The van der Waals surface area contributed by atoms with Crippen LogP contribution in [-0.4, -0.2) is 23.1 Å². The Kier molecular flexibility index (Phi) is 4.96. The minimum atomic E-state index is -0.301. The molecule has 128 valence electrons. The molecule has 2 N–H and O–H groups in total. The van der Waals surface area contributed by atoms with Crippen molar-refractivity contribution in [3.8, 4) is 5.75 Å². The van der Waals surface area contributed by atoms with Crippen LogP contribution in [0.25, 0.3) is 10.2 Å². The molecule has 0 unspecified atom stereocenters. The molecule has 1 heterocycles. The van der Waals surface area contributed by atoms with Gasteiger partial charge >= 0.3 is 0 Å². The summed E-state index contributed by atoms with van der Waals surface area (Å²) in [5.41, 5.74) is 3.70. The Labute approximate surface area is 155 Å². The fraction of sp³-hybridized carbons (Fsp3) is 0.167. The molecule has 5 nitrogen and oxygen atoms in total. The van der Waals surface area contributed by atoms with Crippen LogP contribution in [-0.2, 0) is 0 Å². The first-order chi connectivity index (χ1) is 12.0. The van der Waals surface area contributed by atoms with Gasteiger partial charge in [0.1, 0.15) is 5.75 Å². The van der Waals surface area contributed by atoms with E-state index in [1.807, 2.05) is 19.9 Å². The van der Waals surface area contributed by atoms with Crippen molar-refractivity contribution >= 4 is 49.9 Å². The van der Waals surface area contributed by atoms with Crippen molar-refractivity contribution in [1.29, 1.82) is 0 Å². The maximum Gasteiger partial charge on any atom is 0.257 e. The predicted molar refractivity (Wildman–Crippen MR) is 106 cm³/mol. The lowest BCUT2D eigenvalue weighted by molar-refractivity contribution is 0.0977. The third-order valence-corrected chi connectivity index (χ3v) is 5.03. The third kappa shape index (κ3) is 3.78. The SMILES string of the molecule is COc1cccc(C(=O)NC(=S)Nc2nc3c(C)ccc(C)c3s2)c1. The van der Waals surface area contributed by atoms with Crippen LogP contribution in [0.2, 0.25) is 0 Å². The van der Waals surface area contributed by atoms with Crippen molar-refractivity contribution in [2.75, 3.05) is 12.4 Å². The minimum Gasteiger partial charge on any atom is -0.497 e. The number of ether oxygens (including phenoxy) is 1. The van der Waals surface area contributed by atoms with E-state index in [9.17, 15) is 4.79 Å². The highest BCUT2D eigenvalue weighted by Gasteiger charge is 2.12. The molecule has 25 heavy (non-hydrogen) atoms. The topological polar surface area (TPSA) is 63.2 Å². The van der Waals surface area contributed by atoms with Gasteiger partial charge in [0.2, 0.25) is 0 Å². The number of methoxy groups -OCH3 is 1. The van der Waals surface area contributed by atoms with Gasteiger partial charge in [-0.2, -0.15) is 0 Å². The van der Waals surface area contributed by atoms with Gasteiger partial charge in [0, 0.05) is 5.56 Å². The monoisotopic (exact) mass is 371 g/mol. The Balaban J connectivity index is 1.73. The summed E-state index contributed by atoms with van der Waals surface area (Å²) in [6, 6.07) is 11.0.